The van der Waals surface area contributed by atoms with Crippen LogP contribution in [0.5, 0.6) is 5.75 Å². The summed E-state index contributed by atoms with van der Waals surface area (Å²) >= 11 is 1.46. The van der Waals surface area contributed by atoms with Gasteiger partial charge in [0.2, 0.25) is 21.8 Å². The van der Waals surface area contributed by atoms with E-state index in [2.05, 4.69) is 61.1 Å². The number of anilines is 1. The lowest BCUT2D eigenvalue weighted by molar-refractivity contribution is -0.142. The summed E-state index contributed by atoms with van der Waals surface area (Å²) in [6.07, 6.45) is 4.48. The number of sulfonamides is 1. The second-order valence-corrected chi connectivity index (χ2v) is 25.1. The number of aliphatic carboxylic acids is 1. The number of benzene rings is 3. The van der Waals surface area contributed by atoms with Crippen molar-refractivity contribution in [2.45, 2.75) is 101 Å². The van der Waals surface area contributed by atoms with Gasteiger partial charge in [-0.25, -0.2) is 22.3 Å². The number of carboxylic acids is 1. The number of amides is 3. The fourth-order valence-corrected chi connectivity index (χ4v) is 10.1. The molecule has 0 unspecified atom stereocenters. The van der Waals surface area contributed by atoms with E-state index in [1.54, 1.807) is 53.4 Å². The van der Waals surface area contributed by atoms with Crippen molar-refractivity contribution < 1.29 is 47.6 Å². The third kappa shape index (κ3) is 14.4. The molecule has 3 aromatic rings. The molecule has 340 valence electrons. The molecule has 2 fully saturated rings. The van der Waals surface area contributed by atoms with E-state index in [0.29, 0.717) is 35.6 Å². The van der Waals surface area contributed by atoms with Crippen LogP contribution in [0.2, 0.25) is 18.1 Å². The number of hydrogen-bond acceptors (Lipinski definition) is 9. The summed E-state index contributed by atoms with van der Waals surface area (Å²) < 4.78 is 60.4. The number of β-lactam (4-membered cyclic amide) rings is 1. The zero-order valence-corrected chi connectivity index (χ0v) is 39.3. The molecule has 1 aliphatic carbocycles. The molecule has 4 atom stereocenters. The topological polar surface area (TPSA) is 180 Å². The van der Waals surface area contributed by atoms with E-state index in [4.69, 9.17) is 10.5 Å². The van der Waals surface area contributed by atoms with E-state index in [9.17, 15) is 37.1 Å². The summed E-state index contributed by atoms with van der Waals surface area (Å²) in [6.45, 7) is 9.81. The smallest absolute Gasteiger partial charge is 0.326 e. The van der Waals surface area contributed by atoms with Crippen molar-refractivity contribution in [3.05, 3.63) is 95.3 Å². The average Bonchev–Trinajstić information content (AvgIpc) is 3.22. The van der Waals surface area contributed by atoms with Gasteiger partial charge in [-0.15, -0.1) is 11.8 Å². The maximum atomic E-state index is 14.1. The van der Waals surface area contributed by atoms with Gasteiger partial charge in [-0.2, -0.15) is 0 Å². The summed E-state index contributed by atoms with van der Waals surface area (Å²) in [4.78, 5) is 53.0. The molecule has 1 saturated carbocycles. The van der Waals surface area contributed by atoms with E-state index in [1.807, 2.05) is 12.1 Å². The first-order chi connectivity index (χ1) is 30.0. The Morgan fingerprint density at radius 2 is 1.65 bits per heavy atom. The second kappa shape index (κ2) is 21.8. The molecule has 3 amide bonds. The van der Waals surface area contributed by atoms with Crippen LogP contribution in [-0.4, -0.2) is 88.5 Å². The lowest BCUT2D eigenvalue weighted by Gasteiger charge is -2.47. The van der Waals surface area contributed by atoms with Gasteiger partial charge < -0.3 is 29.8 Å². The van der Waals surface area contributed by atoms with E-state index >= 15 is 0 Å². The van der Waals surface area contributed by atoms with E-state index in [-0.39, 0.29) is 29.7 Å². The number of halogens is 1. The van der Waals surface area contributed by atoms with Gasteiger partial charge in [-0.05, 0) is 90.1 Å². The quantitative estimate of drug-likeness (QED) is 0.0574. The van der Waals surface area contributed by atoms with E-state index in [1.165, 1.54) is 23.9 Å². The zero-order valence-electron chi connectivity index (χ0n) is 37.7. The molecule has 0 spiro atoms. The SMILES string of the molecule is [2H]C1(C[C@H](NC(=O)CNC(=O)COc2ccc([C@@H]3[C@@H](SC[C@H](O[Si](C)(C)C(C)(C)C)c4ccc(F)cc4)C(=O)N3c3ccc(C#CCNS(C)(=O)=O)cc3)cc2)C(=O)O)CCCCC1. The lowest BCUT2D eigenvalue weighted by Crippen LogP contribution is -2.58. The number of ether oxygens (including phenoxy) is 1. The summed E-state index contributed by atoms with van der Waals surface area (Å²) in [5.41, 5.74) is 2.87. The van der Waals surface area contributed by atoms with Crippen molar-refractivity contribution >= 4 is 59.5 Å². The fraction of sp³-hybridized carbons (Fsp3) is 0.478. The van der Waals surface area contributed by atoms with Crippen LogP contribution in [0.4, 0.5) is 10.1 Å². The molecular formula is C46H59FN4O9S2Si. The molecule has 0 radical (unpaired) electrons. The van der Waals surface area contributed by atoms with Crippen molar-refractivity contribution in [1.29, 1.82) is 0 Å². The van der Waals surface area contributed by atoms with Gasteiger partial charge in [-0.3, -0.25) is 14.4 Å². The maximum absolute atomic E-state index is 14.1. The highest BCUT2D eigenvalue weighted by molar-refractivity contribution is 8.00. The van der Waals surface area contributed by atoms with Gasteiger partial charge in [0, 0.05) is 18.4 Å². The Morgan fingerprint density at radius 3 is 2.25 bits per heavy atom. The molecule has 1 saturated heterocycles. The molecular weight excluding hydrogens is 864 g/mol. The van der Waals surface area contributed by atoms with Crippen molar-refractivity contribution in [3.63, 3.8) is 0 Å². The second-order valence-electron chi connectivity index (χ2n) is 17.4. The van der Waals surface area contributed by atoms with Gasteiger partial charge in [0.1, 0.15) is 22.9 Å². The van der Waals surface area contributed by atoms with Gasteiger partial charge >= 0.3 is 5.97 Å². The third-order valence-electron chi connectivity index (χ3n) is 11.5. The van der Waals surface area contributed by atoms with Crippen LogP contribution in [0, 0.1) is 23.6 Å². The normalized spacial score (nSPS) is 18.7. The fourth-order valence-electron chi connectivity index (χ4n) is 6.98. The largest absolute Gasteiger partial charge is 0.484 e. The monoisotopic (exact) mass is 923 g/mol. The summed E-state index contributed by atoms with van der Waals surface area (Å²) in [7, 11) is -5.70. The zero-order chi connectivity index (χ0) is 46.9. The molecule has 0 bridgehead atoms. The Labute approximate surface area is 377 Å². The highest BCUT2D eigenvalue weighted by atomic mass is 32.2. The Kier molecular flexibility index (Phi) is 16.5. The van der Waals surface area contributed by atoms with Crippen molar-refractivity contribution in [3.8, 4) is 17.6 Å². The van der Waals surface area contributed by atoms with Gasteiger partial charge in [-0.1, -0.05) is 89.0 Å². The summed E-state index contributed by atoms with van der Waals surface area (Å²) in [6, 6.07) is 18.7. The highest BCUT2D eigenvalue weighted by Gasteiger charge is 2.50. The molecule has 1 aliphatic heterocycles. The number of carboxylic acid groups (broad SMARTS) is 1. The average molecular weight is 924 g/mol. The Bertz CT molecular complexity index is 2300. The first kappa shape index (κ1) is 47.7. The minimum Gasteiger partial charge on any atom is -0.484 e. The van der Waals surface area contributed by atoms with Gasteiger partial charge in [0.05, 0.1) is 31.5 Å². The van der Waals surface area contributed by atoms with E-state index < -0.39 is 78.6 Å². The number of carbonyl (C=O) groups is 4. The van der Waals surface area contributed by atoms with Crippen LogP contribution in [0.15, 0.2) is 72.8 Å². The van der Waals surface area contributed by atoms with Crippen molar-refractivity contribution in [1.82, 2.24) is 15.4 Å². The van der Waals surface area contributed by atoms with Gasteiger partial charge in [0.25, 0.3) is 5.91 Å². The number of nitrogens with zero attached hydrogens (tertiary/aromatic N) is 1. The molecule has 63 heavy (non-hydrogen) atoms. The Hall–Kier alpha value is -4.73. The lowest BCUT2D eigenvalue weighted by atomic mass is 9.85. The highest BCUT2D eigenvalue weighted by Crippen LogP contribution is 2.48. The molecule has 5 rings (SSSR count). The van der Waals surface area contributed by atoms with Gasteiger partial charge in [0.15, 0.2) is 14.9 Å². The van der Waals surface area contributed by atoms with Crippen LogP contribution >= 0.6 is 11.8 Å². The van der Waals surface area contributed by atoms with Crippen LogP contribution in [0.1, 0.15) is 89.5 Å². The molecule has 0 aromatic heterocycles. The van der Waals surface area contributed by atoms with Crippen molar-refractivity contribution in [2.24, 2.45) is 5.89 Å². The number of carbonyl (C=O) groups excluding carboxylic acids is 3. The number of thioether (sulfide) groups is 1. The molecule has 2 aliphatic rings. The van der Waals surface area contributed by atoms with Crippen LogP contribution in [0.25, 0.3) is 0 Å². The summed E-state index contributed by atoms with van der Waals surface area (Å²) in [5.74, 6) is 2.58. The predicted molar refractivity (Wildman–Crippen MR) is 246 cm³/mol. The minimum atomic E-state index is -3.38. The minimum absolute atomic E-state index is 0.00843. The number of rotatable bonds is 19. The number of nitrogens with one attached hydrogen (secondary N) is 3. The van der Waals surface area contributed by atoms with Crippen LogP contribution < -0.4 is 25.0 Å². The van der Waals surface area contributed by atoms with Crippen molar-refractivity contribution in [2.75, 3.05) is 36.6 Å². The van der Waals surface area contributed by atoms with E-state index in [0.717, 1.165) is 36.6 Å². The maximum Gasteiger partial charge on any atom is 0.326 e. The molecule has 3 aromatic carbocycles. The summed E-state index contributed by atoms with van der Waals surface area (Å²) in [5, 5.41) is 14.0. The molecule has 4 N–H and O–H groups in total. The first-order valence-electron chi connectivity index (χ1n) is 21.5. The Morgan fingerprint density at radius 1 is 1.00 bits per heavy atom. The number of hydrogen-bond donors (Lipinski definition) is 4. The predicted octanol–water partition coefficient (Wildman–Crippen LogP) is 6.71. The van der Waals surface area contributed by atoms with Crippen LogP contribution in [-0.2, 0) is 33.6 Å². The standard InChI is InChI=1S/C46H59FN4O9S2Si/c1-46(2,3)63(5,6)60-39(33-16-20-35(47)21-17-33)30-61-43-42(51(44(43)54)36-22-14-31(15-23-36)13-10-26-49-62(4,57)58)34-18-24-37(25-19-34)59-29-41(53)48-28-40(52)50-38(45(55)56)27-32-11-8-7-9-12-32/h14-25,32,38-39,42-43,49H,7-9,11-12,26-30H2,1-6H3,(H,48,53)(H,50,52)(H,55,56)/t38-,39-,42+,43+/m0/s1/i32D. The molecule has 1 heterocycles. The first-order valence-corrected chi connectivity index (χ1v) is 26.8. The van der Waals surface area contributed by atoms with Crippen LogP contribution in [0.3, 0.4) is 0 Å². The molecule has 17 heteroatoms. The molecule has 13 nitrogen and oxygen atoms in total. The Balaban J connectivity index is 1.27. The third-order valence-corrected chi connectivity index (χ3v) is 18.0.